The second-order valence-corrected chi connectivity index (χ2v) is 3.82. The summed E-state index contributed by atoms with van der Waals surface area (Å²) >= 11 is 3.15. The number of ether oxygens (including phenoxy) is 1. The second kappa shape index (κ2) is 5.42. The minimum absolute atomic E-state index is 0.0410. The van der Waals surface area contributed by atoms with Crippen molar-refractivity contribution in [3.8, 4) is 6.07 Å². The van der Waals surface area contributed by atoms with E-state index in [1.165, 1.54) is 7.11 Å². The molecule has 1 aromatic rings. The Kier molecular flexibility index (Phi) is 4.20. The number of benzene rings is 1. The summed E-state index contributed by atoms with van der Waals surface area (Å²) in [4.78, 5) is 21.8. The number of esters is 1. The first-order chi connectivity index (χ1) is 7.62. The monoisotopic (exact) mass is 281 g/mol. The Morgan fingerprint density at radius 2 is 2.31 bits per heavy atom. The molecule has 0 amide bonds. The number of nitriles is 1. The first kappa shape index (κ1) is 12.4. The third-order valence-corrected chi connectivity index (χ3v) is 2.87. The van der Waals surface area contributed by atoms with Crippen LogP contribution in [0.3, 0.4) is 0 Å². The largest absolute Gasteiger partial charge is 0.469 e. The van der Waals surface area contributed by atoms with Crippen LogP contribution in [0.4, 0.5) is 0 Å². The van der Waals surface area contributed by atoms with Crippen molar-refractivity contribution in [3.63, 3.8) is 0 Å². The fourth-order valence-corrected chi connectivity index (χ4v) is 1.63. The molecule has 0 saturated heterocycles. The number of hydrogen-bond donors (Lipinski definition) is 0. The molecule has 0 heterocycles. The van der Waals surface area contributed by atoms with Crippen LogP contribution in [0.2, 0.25) is 0 Å². The van der Waals surface area contributed by atoms with Gasteiger partial charge < -0.3 is 4.74 Å². The van der Waals surface area contributed by atoms with Gasteiger partial charge in [-0.05, 0) is 33.6 Å². The zero-order valence-electron chi connectivity index (χ0n) is 8.49. The second-order valence-electron chi connectivity index (χ2n) is 3.03. The van der Waals surface area contributed by atoms with Crippen LogP contribution in [-0.4, -0.2) is 19.4 Å². The summed E-state index contributed by atoms with van der Waals surface area (Å²) in [5.74, 6) is -0.414. The maximum absolute atomic E-state index is 11.1. The van der Waals surface area contributed by atoms with Gasteiger partial charge in [-0.2, -0.15) is 5.26 Å². The van der Waals surface area contributed by atoms with Crippen molar-refractivity contribution < 1.29 is 14.3 Å². The maximum Gasteiger partial charge on any atom is 0.309 e. The lowest BCUT2D eigenvalue weighted by molar-refractivity contribution is -0.139. The number of carbonyl (C=O) groups is 2. The zero-order valence-corrected chi connectivity index (χ0v) is 10.1. The van der Waals surface area contributed by atoms with E-state index in [4.69, 9.17) is 5.26 Å². The molecule has 0 unspecified atom stereocenters. The van der Waals surface area contributed by atoms with E-state index >= 15 is 0 Å². The Balaban J connectivity index is 3.18. The number of aldehydes is 1. The van der Waals surface area contributed by atoms with E-state index in [1.807, 2.05) is 6.07 Å². The van der Waals surface area contributed by atoms with Crippen molar-refractivity contribution in [2.45, 2.75) is 6.42 Å². The molecule has 0 fully saturated rings. The molecule has 0 spiro atoms. The van der Waals surface area contributed by atoms with Gasteiger partial charge in [0.1, 0.15) is 6.07 Å². The number of rotatable bonds is 3. The summed E-state index contributed by atoms with van der Waals surface area (Å²) in [6.45, 7) is 0. The molecule has 0 bridgehead atoms. The molecule has 1 aromatic carbocycles. The van der Waals surface area contributed by atoms with Crippen LogP contribution in [0.25, 0.3) is 0 Å². The Bertz CT molecular complexity index is 477. The highest BCUT2D eigenvalue weighted by molar-refractivity contribution is 9.10. The minimum Gasteiger partial charge on any atom is -0.469 e. The van der Waals surface area contributed by atoms with E-state index < -0.39 is 5.97 Å². The standard InChI is InChI=1S/C11H8BrNO3/c1-16-10(15)4-7-2-8(5-13)11(12)9(3-7)6-14/h2-3,6H,4H2,1H3. The minimum atomic E-state index is -0.414. The summed E-state index contributed by atoms with van der Waals surface area (Å²) in [6.07, 6.45) is 0.672. The van der Waals surface area contributed by atoms with Gasteiger partial charge in [-0.3, -0.25) is 9.59 Å². The van der Waals surface area contributed by atoms with Gasteiger partial charge in [0.2, 0.25) is 0 Å². The molecular formula is C11H8BrNO3. The van der Waals surface area contributed by atoms with Gasteiger partial charge in [-0.1, -0.05) is 0 Å². The smallest absolute Gasteiger partial charge is 0.309 e. The zero-order chi connectivity index (χ0) is 12.1. The summed E-state index contributed by atoms with van der Waals surface area (Å²) in [5, 5.41) is 8.84. The van der Waals surface area contributed by atoms with Crippen LogP contribution in [0, 0.1) is 11.3 Å². The van der Waals surface area contributed by atoms with Gasteiger partial charge in [0.15, 0.2) is 6.29 Å². The molecule has 0 aliphatic heterocycles. The molecule has 0 aromatic heterocycles. The molecule has 0 N–H and O–H groups in total. The van der Waals surface area contributed by atoms with E-state index in [0.29, 0.717) is 27.4 Å². The van der Waals surface area contributed by atoms with Crippen LogP contribution >= 0.6 is 15.9 Å². The molecule has 16 heavy (non-hydrogen) atoms. The summed E-state index contributed by atoms with van der Waals surface area (Å²) in [5.41, 5.74) is 1.25. The van der Waals surface area contributed by atoms with Crippen molar-refractivity contribution in [1.82, 2.24) is 0 Å². The van der Waals surface area contributed by atoms with Crippen molar-refractivity contribution in [2.24, 2.45) is 0 Å². The quantitative estimate of drug-likeness (QED) is 0.626. The van der Waals surface area contributed by atoms with Crippen LogP contribution < -0.4 is 0 Å². The highest BCUT2D eigenvalue weighted by Gasteiger charge is 2.10. The van der Waals surface area contributed by atoms with Gasteiger partial charge in [-0.15, -0.1) is 0 Å². The van der Waals surface area contributed by atoms with Gasteiger partial charge >= 0.3 is 5.97 Å². The van der Waals surface area contributed by atoms with Crippen molar-refractivity contribution in [3.05, 3.63) is 33.3 Å². The van der Waals surface area contributed by atoms with Gasteiger partial charge in [-0.25, -0.2) is 0 Å². The first-order valence-electron chi connectivity index (χ1n) is 4.37. The van der Waals surface area contributed by atoms with Crippen molar-refractivity contribution in [1.29, 1.82) is 5.26 Å². The van der Waals surface area contributed by atoms with Gasteiger partial charge in [0.05, 0.1) is 19.1 Å². The Hall–Kier alpha value is -1.67. The SMILES string of the molecule is COC(=O)Cc1cc(C#N)c(Br)c(C=O)c1. The molecule has 4 nitrogen and oxygen atoms in total. The van der Waals surface area contributed by atoms with E-state index in [0.717, 1.165) is 0 Å². The van der Waals surface area contributed by atoms with E-state index in [-0.39, 0.29) is 6.42 Å². The third kappa shape index (κ3) is 2.67. The van der Waals surface area contributed by atoms with E-state index in [2.05, 4.69) is 20.7 Å². The summed E-state index contributed by atoms with van der Waals surface area (Å²) in [7, 11) is 1.28. The highest BCUT2D eigenvalue weighted by Crippen LogP contribution is 2.22. The molecule has 82 valence electrons. The average molecular weight is 282 g/mol. The lowest BCUT2D eigenvalue weighted by atomic mass is 10.0. The van der Waals surface area contributed by atoms with Crippen LogP contribution in [0.1, 0.15) is 21.5 Å². The topological polar surface area (TPSA) is 67.2 Å². The summed E-state index contributed by atoms with van der Waals surface area (Å²) < 4.78 is 4.95. The molecule has 0 aliphatic rings. The number of halogens is 1. The Morgan fingerprint density at radius 3 is 2.81 bits per heavy atom. The number of carbonyl (C=O) groups excluding carboxylic acids is 2. The number of methoxy groups -OCH3 is 1. The number of nitrogens with zero attached hydrogens (tertiary/aromatic N) is 1. The van der Waals surface area contributed by atoms with Gasteiger partial charge in [0, 0.05) is 10.0 Å². The van der Waals surface area contributed by atoms with Crippen LogP contribution in [-0.2, 0) is 16.0 Å². The summed E-state index contributed by atoms with van der Waals surface area (Å²) in [6, 6.07) is 5.04. The maximum atomic E-state index is 11.1. The molecule has 5 heteroatoms. The predicted octanol–water partition coefficient (Wildman–Crippen LogP) is 1.85. The molecule has 0 aliphatic carbocycles. The Morgan fingerprint density at radius 1 is 1.62 bits per heavy atom. The lowest BCUT2D eigenvalue weighted by Crippen LogP contribution is -2.05. The van der Waals surface area contributed by atoms with E-state index in [9.17, 15) is 9.59 Å². The van der Waals surface area contributed by atoms with Crippen LogP contribution in [0.5, 0.6) is 0 Å². The predicted molar refractivity (Wildman–Crippen MR) is 60.0 cm³/mol. The fraction of sp³-hybridized carbons (Fsp3) is 0.182. The molecular weight excluding hydrogens is 274 g/mol. The molecule has 0 radical (unpaired) electrons. The van der Waals surface area contributed by atoms with Crippen molar-refractivity contribution >= 4 is 28.2 Å². The third-order valence-electron chi connectivity index (χ3n) is 1.98. The van der Waals surface area contributed by atoms with Crippen molar-refractivity contribution in [2.75, 3.05) is 7.11 Å². The normalized spacial score (nSPS) is 9.31. The van der Waals surface area contributed by atoms with Crippen LogP contribution in [0.15, 0.2) is 16.6 Å². The first-order valence-corrected chi connectivity index (χ1v) is 5.16. The molecule has 1 rings (SSSR count). The lowest BCUT2D eigenvalue weighted by Gasteiger charge is -2.04. The van der Waals surface area contributed by atoms with E-state index in [1.54, 1.807) is 12.1 Å². The fourth-order valence-electron chi connectivity index (χ4n) is 1.22. The highest BCUT2D eigenvalue weighted by atomic mass is 79.9. The Labute approximate surface area is 101 Å². The molecule has 0 atom stereocenters. The number of hydrogen-bond acceptors (Lipinski definition) is 4. The average Bonchev–Trinajstić information content (AvgIpc) is 2.30. The molecule has 0 saturated carbocycles. The van der Waals surface area contributed by atoms with Gasteiger partial charge in [0.25, 0.3) is 0 Å².